The molecule has 1 aliphatic heterocycles. The predicted molar refractivity (Wildman–Crippen MR) is 94.4 cm³/mol. The van der Waals surface area contributed by atoms with Crippen molar-refractivity contribution in [3.63, 3.8) is 0 Å². The van der Waals surface area contributed by atoms with Crippen molar-refractivity contribution in [2.75, 3.05) is 11.4 Å². The standard InChI is InChI=1S/C17H16N8O/c1-11(26)23-7-8-24-16(12-3-4-14-18-10-19-25(14)9-12)15(20-17(23)24)13-5-6-22(2)21-13/h3-6,9-10H,7-8H2,1-2H3. The first-order valence-corrected chi connectivity index (χ1v) is 8.30. The second kappa shape index (κ2) is 5.25. The molecule has 0 unspecified atom stereocenters. The minimum absolute atomic E-state index is 0.0143. The molecular formula is C17H16N8O. The summed E-state index contributed by atoms with van der Waals surface area (Å²) in [6.45, 7) is 2.88. The van der Waals surface area contributed by atoms with Gasteiger partial charge in [0.1, 0.15) is 17.7 Å². The highest BCUT2D eigenvalue weighted by molar-refractivity contribution is 5.92. The molecule has 1 amide bonds. The van der Waals surface area contributed by atoms with E-state index in [4.69, 9.17) is 4.98 Å². The lowest BCUT2D eigenvalue weighted by atomic mass is 10.1. The number of nitrogens with zero attached hydrogens (tertiary/aromatic N) is 8. The van der Waals surface area contributed by atoms with Crippen LogP contribution in [0, 0.1) is 0 Å². The van der Waals surface area contributed by atoms with Crippen molar-refractivity contribution in [2.24, 2.45) is 7.05 Å². The minimum Gasteiger partial charge on any atom is -0.307 e. The highest BCUT2D eigenvalue weighted by Crippen LogP contribution is 2.37. The lowest BCUT2D eigenvalue weighted by Gasteiger charge is -2.09. The van der Waals surface area contributed by atoms with Gasteiger partial charge in [0.25, 0.3) is 0 Å². The molecule has 9 nitrogen and oxygen atoms in total. The van der Waals surface area contributed by atoms with Crippen molar-refractivity contribution in [1.29, 1.82) is 0 Å². The van der Waals surface area contributed by atoms with Gasteiger partial charge in [-0.1, -0.05) is 0 Å². The molecule has 4 aromatic heterocycles. The van der Waals surface area contributed by atoms with Gasteiger partial charge in [-0.15, -0.1) is 0 Å². The van der Waals surface area contributed by atoms with Crippen LogP contribution in [-0.4, -0.2) is 46.4 Å². The number of anilines is 1. The quantitative estimate of drug-likeness (QED) is 0.546. The van der Waals surface area contributed by atoms with Crippen molar-refractivity contribution >= 4 is 17.5 Å². The van der Waals surface area contributed by atoms with Crippen LogP contribution in [-0.2, 0) is 18.4 Å². The molecule has 0 aromatic carbocycles. The average Bonchev–Trinajstić information content (AvgIpc) is 3.36. The van der Waals surface area contributed by atoms with Crippen molar-refractivity contribution < 1.29 is 4.79 Å². The van der Waals surface area contributed by atoms with E-state index in [-0.39, 0.29) is 5.91 Å². The molecule has 0 saturated carbocycles. The van der Waals surface area contributed by atoms with E-state index in [2.05, 4.69) is 19.7 Å². The smallest absolute Gasteiger partial charge is 0.226 e. The summed E-state index contributed by atoms with van der Waals surface area (Å²) in [6, 6.07) is 5.84. The number of fused-ring (bicyclic) bond motifs is 2. The number of aryl methyl sites for hydroxylation is 1. The minimum atomic E-state index is -0.0143. The molecule has 0 saturated heterocycles. The highest BCUT2D eigenvalue weighted by atomic mass is 16.2. The summed E-state index contributed by atoms with van der Waals surface area (Å²) in [7, 11) is 1.87. The Morgan fingerprint density at radius 3 is 2.85 bits per heavy atom. The van der Waals surface area contributed by atoms with Crippen LogP contribution in [0.25, 0.3) is 28.3 Å². The van der Waals surface area contributed by atoms with Crippen LogP contribution in [0.4, 0.5) is 5.95 Å². The van der Waals surface area contributed by atoms with E-state index < -0.39 is 0 Å². The van der Waals surface area contributed by atoms with Crippen molar-refractivity contribution in [3.05, 3.63) is 36.9 Å². The van der Waals surface area contributed by atoms with Gasteiger partial charge >= 0.3 is 0 Å². The fourth-order valence-corrected chi connectivity index (χ4v) is 3.43. The number of pyridine rings is 1. The summed E-state index contributed by atoms with van der Waals surface area (Å²) in [6.07, 6.45) is 5.33. The largest absolute Gasteiger partial charge is 0.307 e. The molecule has 0 fully saturated rings. The summed E-state index contributed by atoms with van der Waals surface area (Å²) in [5, 5.41) is 8.73. The third kappa shape index (κ3) is 2.06. The zero-order chi connectivity index (χ0) is 17.8. The Labute approximate surface area is 148 Å². The summed E-state index contributed by atoms with van der Waals surface area (Å²) >= 11 is 0. The number of amides is 1. The highest BCUT2D eigenvalue weighted by Gasteiger charge is 2.31. The Hall–Kier alpha value is -3.49. The first-order valence-electron chi connectivity index (χ1n) is 8.30. The summed E-state index contributed by atoms with van der Waals surface area (Å²) < 4.78 is 5.55. The van der Waals surface area contributed by atoms with Crippen molar-refractivity contribution in [2.45, 2.75) is 13.5 Å². The molecule has 1 aliphatic rings. The summed E-state index contributed by atoms with van der Waals surface area (Å²) in [4.78, 5) is 22.6. The van der Waals surface area contributed by atoms with Gasteiger partial charge in [0.2, 0.25) is 11.9 Å². The number of hydrogen-bond acceptors (Lipinski definition) is 5. The van der Waals surface area contributed by atoms with Crippen LogP contribution >= 0.6 is 0 Å². The van der Waals surface area contributed by atoms with E-state index in [0.717, 1.165) is 28.3 Å². The number of carbonyl (C=O) groups excluding carboxylic acids is 1. The normalized spacial score (nSPS) is 13.5. The molecule has 0 aliphatic carbocycles. The number of imidazole rings is 1. The van der Waals surface area contributed by atoms with Gasteiger partial charge < -0.3 is 4.57 Å². The van der Waals surface area contributed by atoms with Gasteiger partial charge in [0.15, 0.2) is 5.65 Å². The number of rotatable bonds is 2. The van der Waals surface area contributed by atoms with E-state index in [1.165, 1.54) is 6.33 Å². The van der Waals surface area contributed by atoms with E-state index >= 15 is 0 Å². The van der Waals surface area contributed by atoms with E-state index in [1.54, 1.807) is 21.0 Å². The maximum atomic E-state index is 12.0. The summed E-state index contributed by atoms with van der Waals surface area (Å²) in [5.74, 6) is 0.645. The predicted octanol–water partition coefficient (Wildman–Crippen LogP) is 1.36. The topological polar surface area (TPSA) is 86.1 Å². The SMILES string of the molecule is CC(=O)N1CCn2c1nc(-c1ccn(C)n1)c2-c1ccc2ncnn2c1. The zero-order valence-electron chi connectivity index (χ0n) is 14.4. The molecule has 0 atom stereocenters. The lowest BCUT2D eigenvalue weighted by Crippen LogP contribution is -2.26. The van der Waals surface area contributed by atoms with Crippen LogP contribution in [0.2, 0.25) is 0 Å². The van der Waals surface area contributed by atoms with Crippen molar-refractivity contribution in [3.8, 4) is 22.6 Å². The number of hydrogen-bond donors (Lipinski definition) is 0. The van der Waals surface area contributed by atoms with Gasteiger partial charge in [-0.05, 0) is 18.2 Å². The maximum Gasteiger partial charge on any atom is 0.226 e. The number of aromatic nitrogens is 7. The zero-order valence-corrected chi connectivity index (χ0v) is 14.4. The lowest BCUT2D eigenvalue weighted by molar-refractivity contribution is -0.116. The van der Waals surface area contributed by atoms with Crippen molar-refractivity contribution in [1.82, 2.24) is 33.9 Å². The fraction of sp³-hybridized carbons (Fsp3) is 0.235. The third-order valence-corrected chi connectivity index (χ3v) is 4.62. The van der Waals surface area contributed by atoms with Crippen LogP contribution in [0.3, 0.4) is 0 Å². The Morgan fingerprint density at radius 2 is 2.08 bits per heavy atom. The molecule has 130 valence electrons. The van der Waals surface area contributed by atoms with E-state index in [9.17, 15) is 4.79 Å². The van der Waals surface area contributed by atoms with Gasteiger partial charge in [-0.3, -0.25) is 14.4 Å². The Morgan fingerprint density at radius 1 is 1.19 bits per heavy atom. The van der Waals surface area contributed by atoms with Crippen LogP contribution in [0.15, 0.2) is 36.9 Å². The molecule has 0 N–H and O–H groups in total. The van der Waals surface area contributed by atoms with Gasteiger partial charge in [-0.2, -0.15) is 10.2 Å². The molecule has 9 heteroatoms. The van der Waals surface area contributed by atoms with E-state index in [1.807, 2.05) is 37.6 Å². The van der Waals surface area contributed by atoms with Gasteiger partial charge in [0.05, 0.1) is 5.69 Å². The Kier molecular flexibility index (Phi) is 2.99. The monoisotopic (exact) mass is 348 g/mol. The first-order chi connectivity index (χ1) is 12.6. The van der Waals surface area contributed by atoms with Crippen LogP contribution < -0.4 is 4.90 Å². The molecule has 0 radical (unpaired) electrons. The first kappa shape index (κ1) is 14.8. The Bertz CT molecular complexity index is 1150. The second-order valence-corrected chi connectivity index (χ2v) is 6.29. The molecular weight excluding hydrogens is 332 g/mol. The number of carbonyl (C=O) groups is 1. The van der Waals surface area contributed by atoms with Gasteiger partial charge in [0, 0.05) is 45.0 Å². The molecule has 5 rings (SSSR count). The van der Waals surface area contributed by atoms with E-state index in [0.29, 0.717) is 19.0 Å². The Balaban J connectivity index is 1.77. The third-order valence-electron chi connectivity index (χ3n) is 4.62. The van der Waals surface area contributed by atoms with Crippen LogP contribution in [0.1, 0.15) is 6.92 Å². The van der Waals surface area contributed by atoms with Crippen LogP contribution in [0.5, 0.6) is 0 Å². The summed E-state index contributed by atoms with van der Waals surface area (Å²) in [5.41, 5.74) is 4.19. The molecule has 26 heavy (non-hydrogen) atoms. The second-order valence-electron chi connectivity index (χ2n) is 6.29. The molecule has 5 heterocycles. The molecule has 0 bridgehead atoms. The average molecular weight is 348 g/mol. The van der Waals surface area contributed by atoms with Gasteiger partial charge in [-0.25, -0.2) is 14.5 Å². The fourth-order valence-electron chi connectivity index (χ4n) is 3.43. The maximum absolute atomic E-state index is 12.0. The molecule has 4 aromatic rings. The molecule has 0 spiro atoms.